The summed E-state index contributed by atoms with van der Waals surface area (Å²) < 4.78 is 0. The maximum absolute atomic E-state index is 9.21. The Balaban J connectivity index is 1.91. The smallest absolute Gasteiger partial charge is 0.137 e. The molecular weight excluding hydrogens is 258 g/mol. The molecule has 0 unspecified atom stereocenters. The molecule has 98 valence electrons. The zero-order chi connectivity index (χ0) is 13.5. The molecule has 0 aliphatic carbocycles. The van der Waals surface area contributed by atoms with Gasteiger partial charge in [0.2, 0.25) is 0 Å². The van der Waals surface area contributed by atoms with Crippen LogP contribution in [0.15, 0.2) is 29.4 Å². The molecule has 0 amide bonds. The van der Waals surface area contributed by atoms with Crippen LogP contribution in [0, 0.1) is 11.3 Å². The van der Waals surface area contributed by atoms with Gasteiger partial charge in [0.15, 0.2) is 0 Å². The van der Waals surface area contributed by atoms with Crippen molar-refractivity contribution in [3.05, 3.63) is 35.9 Å². The van der Waals surface area contributed by atoms with Gasteiger partial charge in [-0.05, 0) is 24.8 Å². The van der Waals surface area contributed by atoms with Gasteiger partial charge in [-0.15, -0.1) is 11.8 Å². The van der Waals surface area contributed by atoms with Crippen LogP contribution in [0.1, 0.15) is 17.8 Å². The molecule has 2 rings (SSSR count). The normalized spacial score (nSPS) is 10.1. The van der Waals surface area contributed by atoms with Gasteiger partial charge in [0.1, 0.15) is 18.2 Å². The average Bonchev–Trinajstić information content (AvgIpc) is 2.96. The van der Waals surface area contributed by atoms with Crippen LogP contribution in [0.5, 0.6) is 0 Å². The molecular formula is C13H15N5S. The fourth-order valence-electron chi connectivity index (χ4n) is 1.79. The number of hydrogen-bond acceptors (Lipinski definition) is 5. The SMILES string of the molecule is CSc1cccc(NCCCc2ncn[nH]2)c1C#N. The van der Waals surface area contributed by atoms with Crippen molar-refractivity contribution in [1.82, 2.24) is 15.2 Å². The van der Waals surface area contributed by atoms with Gasteiger partial charge in [0, 0.05) is 17.9 Å². The van der Waals surface area contributed by atoms with Crippen molar-refractivity contribution in [3.63, 3.8) is 0 Å². The van der Waals surface area contributed by atoms with E-state index in [1.165, 1.54) is 6.33 Å². The first-order valence-electron chi connectivity index (χ1n) is 6.00. The summed E-state index contributed by atoms with van der Waals surface area (Å²) in [6.07, 6.45) is 5.27. The average molecular weight is 273 g/mol. The molecule has 1 aromatic carbocycles. The Morgan fingerprint density at radius 2 is 2.37 bits per heavy atom. The van der Waals surface area contributed by atoms with E-state index in [1.54, 1.807) is 11.8 Å². The van der Waals surface area contributed by atoms with E-state index in [1.807, 2.05) is 24.5 Å². The zero-order valence-corrected chi connectivity index (χ0v) is 11.5. The first-order valence-corrected chi connectivity index (χ1v) is 7.23. The highest BCUT2D eigenvalue weighted by Gasteiger charge is 2.06. The molecule has 6 heteroatoms. The maximum atomic E-state index is 9.21. The van der Waals surface area contributed by atoms with E-state index in [4.69, 9.17) is 0 Å². The Bertz CT molecular complexity index is 559. The number of thioether (sulfide) groups is 1. The topological polar surface area (TPSA) is 77.4 Å². The molecule has 0 saturated carbocycles. The van der Waals surface area contributed by atoms with Crippen molar-refractivity contribution in [2.45, 2.75) is 17.7 Å². The predicted octanol–water partition coefficient (Wildman–Crippen LogP) is 2.44. The van der Waals surface area contributed by atoms with Gasteiger partial charge in [-0.3, -0.25) is 5.10 Å². The van der Waals surface area contributed by atoms with E-state index >= 15 is 0 Å². The number of aromatic nitrogens is 3. The van der Waals surface area contributed by atoms with E-state index in [2.05, 4.69) is 26.6 Å². The van der Waals surface area contributed by atoms with Gasteiger partial charge in [-0.2, -0.15) is 10.4 Å². The number of nitriles is 1. The van der Waals surface area contributed by atoms with Crippen molar-refractivity contribution in [2.24, 2.45) is 0 Å². The minimum atomic E-state index is 0.717. The summed E-state index contributed by atoms with van der Waals surface area (Å²) in [5, 5.41) is 19.2. The maximum Gasteiger partial charge on any atom is 0.137 e. The summed E-state index contributed by atoms with van der Waals surface area (Å²) in [4.78, 5) is 5.07. The molecule has 1 heterocycles. The number of nitrogens with one attached hydrogen (secondary N) is 2. The Morgan fingerprint density at radius 1 is 1.47 bits per heavy atom. The fourth-order valence-corrected chi connectivity index (χ4v) is 2.37. The molecule has 0 saturated heterocycles. The third kappa shape index (κ3) is 3.48. The number of anilines is 1. The number of H-pyrrole nitrogens is 1. The van der Waals surface area contributed by atoms with Crippen LogP contribution in [0.2, 0.25) is 0 Å². The lowest BCUT2D eigenvalue weighted by atomic mass is 10.2. The van der Waals surface area contributed by atoms with Crippen LogP contribution in [-0.4, -0.2) is 28.0 Å². The van der Waals surface area contributed by atoms with E-state index in [0.29, 0.717) is 0 Å². The number of nitrogens with zero attached hydrogens (tertiary/aromatic N) is 3. The Kier molecular flexibility index (Phi) is 4.81. The third-order valence-corrected chi connectivity index (χ3v) is 3.51. The summed E-state index contributed by atoms with van der Waals surface area (Å²) in [6, 6.07) is 8.12. The molecule has 0 spiro atoms. The Hall–Kier alpha value is -2.00. The molecule has 2 aromatic rings. The van der Waals surface area contributed by atoms with Crippen molar-refractivity contribution >= 4 is 17.4 Å². The van der Waals surface area contributed by atoms with Crippen LogP contribution < -0.4 is 5.32 Å². The highest BCUT2D eigenvalue weighted by atomic mass is 32.2. The monoisotopic (exact) mass is 273 g/mol. The van der Waals surface area contributed by atoms with E-state index < -0.39 is 0 Å². The standard InChI is InChI=1S/C13H15N5S/c1-19-12-5-2-4-11(10(12)8-14)15-7-3-6-13-16-9-17-18-13/h2,4-5,9,15H,3,6-7H2,1H3,(H,16,17,18). The van der Waals surface area contributed by atoms with Crippen LogP contribution in [0.25, 0.3) is 0 Å². The Morgan fingerprint density at radius 3 is 3.05 bits per heavy atom. The van der Waals surface area contributed by atoms with Gasteiger partial charge in [-0.25, -0.2) is 4.98 Å². The summed E-state index contributed by atoms with van der Waals surface area (Å²) >= 11 is 1.59. The van der Waals surface area contributed by atoms with E-state index in [-0.39, 0.29) is 0 Å². The second-order valence-electron chi connectivity index (χ2n) is 3.96. The van der Waals surface area contributed by atoms with E-state index in [0.717, 1.165) is 41.4 Å². The summed E-state index contributed by atoms with van der Waals surface area (Å²) in [5.74, 6) is 0.889. The molecule has 0 fully saturated rings. The predicted molar refractivity (Wildman–Crippen MR) is 76.1 cm³/mol. The molecule has 0 aliphatic rings. The molecule has 0 aliphatic heterocycles. The minimum Gasteiger partial charge on any atom is -0.384 e. The number of rotatable bonds is 6. The van der Waals surface area contributed by atoms with E-state index in [9.17, 15) is 5.26 Å². The molecule has 2 N–H and O–H groups in total. The van der Waals surface area contributed by atoms with Crippen molar-refractivity contribution in [1.29, 1.82) is 5.26 Å². The quantitative estimate of drug-likeness (QED) is 0.624. The highest BCUT2D eigenvalue weighted by Crippen LogP contribution is 2.26. The summed E-state index contributed by atoms with van der Waals surface area (Å²) in [7, 11) is 0. The Labute approximate surface area is 116 Å². The molecule has 0 radical (unpaired) electrons. The second kappa shape index (κ2) is 6.81. The van der Waals surface area contributed by atoms with Gasteiger partial charge in [-0.1, -0.05) is 6.07 Å². The molecule has 1 aromatic heterocycles. The summed E-state index contributed by atoms with van der Waals surface area (Å²) in [5.41, 5.74) is 1.61. The van der Waals surface area contributed by atoms with Crippen molar-refractivity contribution in [2.75, 3.05) is 18.1 Å². The number of hydrogen-bond donors (Lipinski definition) is 2. The first kappa shape index (κ1) is 13.4. The van der Waals surface area contributed by atoms with Gasteiger partial charge >= 0.3 is 0 Å². The number of benzene rings is 1. The van der Waals surface area contributed by atoms with Crippen molar-refractivity contribution < 1.29 is 0 Å². The fraction of sp³-hybridized carbons (Fsp3) is 0.308. The van der Waals surface area contributed by atoms with Crippen LogP contribution >= 0.6 is 11.8 Å². The lowest BCUT2D eigenvalue weighted by Gasteiger charge is -2.09. The first-order chi connectivity index (χ1) is 9.35. The lowest BCUT2D eigenvalue weighted by Crippen LogP contribution is -2.05. The van der Waals surface area contributed by atoms with Gasteiger partial charge < -0.3 is 5.32 Å². The molecule has 19 heavy (non-hydrogen) atoms. The van der Waals surface area contributed by atoms with Crippen LogP contribution in [-0.2, 0) is 6.42 Å². The van der Waals surface area contributed by atoms with Gasteiger partial charge in [0.25, 0.3) is 0 Å². The minimum absolute atomic E-state index is 0.717. The largest absolute Gasteiger partial charge is 0.384 e. The third-order valence-electron chi connectivity index (χ3n) is 2.73. The van der Waals surface area contributed by atoms with Crippen LogP contribution in [0.4, 0.5) is 5.69 Å². The highest BCUT2D eigenvalue weighted by molar-refractivity contribution is 7.98. The lowest BCUT2D eigenvalue weighted by molar-refractivity contribution is 0.805. The van der Waals surface area contributed by atoms with Crippen molar-refractivity contribution in [3.8, 4) is 6.07 Å². The number of aryl methyl sites for hydroxylation is 1. The molecule has 5 nitrogen and oxygen atoms in total. The molecule has 0 atom stereocenters. The summed E-state index contributed by atoms with van der Waals surface area (Å²) in [6.45, 7) is 0.799. The van der Waals surface area contributed by atoms with Crippen LogP contribution in [0.3, 0.4) is 0 Å². The zero-order valence-electron chi connectivity index (χ0n) is 10.7. The number of aromatic amines is 1. The van der Waals surface area contributed by atoms with Gasteiger partial charge in [0.05, 0.1) is 11.3 Å². The second-order valence-corrected chi connectivity index (χ2v) is 4.81. The molecule has 0 bridgehead atoms.